The summed E-state index contributed by atoms with van der Waals surface area (Å²) in [4.78, 5) is 35.6. The van der Waals surface area contributed by atoms with Crippen molar-refractivity contribution in [2.24, 2.45) is 0 Å². The number of hydrogen-bond donors (Lipinski definition) is 0. The highest BCUT2D eigenvalue weighted by Gasteiger charge is 2.18. The molecule has 0 spiro atoms. The van der Waals surface area contributed by atoms with E-state index in [1.165, 1.54) is 12.4 Å². The third kappa shape index (κ3) is 4.03. The zero-order valence-electron chi connectivity index (χ0n) is 13.5. The average Bonchev–Trinajstić information content (AvgIpc) is 2.54. The number of nitrogens with zero attached hydrogens (tertiary/aromatic N) is 4. The van der Waals surface area contributed by atoms with Crippen molar-refractivity contribution < 1.29 is 14.3 Å². The number of pyridine rings is 2. The molecule has 2 rings (SSSR count). The van der Waals surface area contributed by atoms with Gasteiger partial charge in [-0.05, 0) is 24.3 Å². The summed E-state index contributed by atoms with van der Waals surface area (Å²) in [5, 5.41) is 0. The smallest absolute Gasteiger partial charge is 0.364 e. The molecule has 7 heteroatoms. The predicted octanol–water partition coefficient (Wildman–Crippen LogP) is 1.61. The summed E-state index contributed by atoms with van der Waals surface area (Å²) in [6.45, 7) is 0. The van der Waals surface area contributed by atoms with Crippen molar-refractivity contribution in [3.63, 3.8) is 0 Å². The molecule has 0 aliphatic carbocycles. The Morgan fingerprint density at radius 1 is 0.826 bits per heavy atom. The van der Waals surface area contributed by atoms with Crippen LogP contribution in [0.5, 0.6) is 0 Å². The monoisotopic (exact) mass is 314 g/mol. The molecule has 0 saturated carbocycles. The van der Waals surface area contributed by atoms with Gasteiger partial charge in [-0.25, -0.2) is 19.6 Å². The molecule has 0 atom stereocenters. The minimum Gasteiger partial charge on any atom is -0.383 e. The first-order valence-corrected chi connectivity index (χ1v) is 6.91. The zero-order chi connectivity index (χ0) is 17.0. The van der Waals surface area contributed by atoms with E-state index < -0.39 is 11.9 Å². The van der Waals surface area contributed by atoms with Crippen molar-refractivity contribution in [3.05, 3.63) is 48.0 Å². The van der Waals surface area contributed by atoms with Crippen molar-refractivity contribution in [3.8, 4) is 0 Å². The maximum atomic E-state index is 12.1. The molecule has 2 aromatic rings. The largest absolute Gasteiger partial charge is 0.383 e. The van der Waals surface area contributed by atoms with Crippen LogP contribution >= 0.6 is 0 Å². The molecule has 0 aliphatic heterocycles. The van der Waals surface area contributed by atoms with E-state index in [0.29, 0.717) is 0 Å². The molecule has 23 heavy (non-hydrogen) atoms. The molecule has 0 saturated heterocycles. The number of rotatable bonds is 4. The summed E-state index contributed by atoms with van der Waals surface area (Å²) in [5.41, 5.74) is 1.70. The van der Waals surface area contributed by atoms with Crippen molar-refractivity contribution in [2.45, 2.75) is 0 Å². The lowest BCUT2D eigenvalue weighted by atomic mass is 10.3. The molecular formula is C16H18N4O3. The number of hydrogen-bond acceptors (Lipinski definition) is 7. The maximum Gasteiger partial charge on any atom is 0.364 e. The van der Waals surface area contributed by atoms with Crippen molar-refractivity contribution in [2.75, 3.05) is 38.0 Å². The normalized spacial score (nSPS) is 10.1. The summed E-state index contributed by atoms with van der Waals surface area (Å²) in [7, 11) is 7.36. The van der Waals surface area contributed by atoms with Crippen LogP contribution in [0.4, 0.5) is 11.4 Å². The second-order valence-electron chi connectivity index (χ2n) is 5.26. The Kier molecular flexibility index (Phi) is 4.90. The second-order valence-corrected chi connectivity index (χ2v) is 5.26. The Labute approximate surface area is 134 Å². The first-order chi connectivity index (χ1) is 10.9. The summed E-state index contributed by atoms with van der Waals surface area (Å²) in [6, 6.07) is 6.61. The molecule has 0 aliphatic rings. The lowest BCUT2D eigenvalue weighted by Gasteiger charge is -2.13. The lowest BCUT2D eigenvalue weighted by Crippen LogP contribution is -2.17. The highest BCUT2D eigenvalue weighted by atomic mass is 16.6. The van der Waals surface area contributed by atoms with Gasteiger partial charge in [0.15, 0.2) is 11.4 Å². The van der Waals surface area contributed by atoms with E-state index in [0.717, 1.165) is 11.4 Å². The van der Waals surface area contributed by atoms with Crippen molar-refractivity contribution >= 4 is 23.3 Å². The average molecular weight is 314 g/mol. The molecule has 0 amide bonds. The van der Waals surface area contributed by atoms with E-state index in [2.05, 4.69) is 9.97 Å². The summed E-state index contributed by atoms with van der Waals surface area (Å²) < 4.78 is 4.85. The minimum absolute atomic E-state index is 0.0633. The first-order valence-electron chi connectivity index (χ1n) is 6.91. The van der Waals surface area contributed by atoms with Crippen LogP contribution in [0.3, 0.4) is 0 Å². The number of anilines is 2. The highest BCUT2D eigenvalue weighted by molar-refractivity contribution is 6.01. The van der Waals surface area contributed by atoms with Crippen LogP contribution in [-0.2, 0) is 4.74 Å². The first kappa shape index (κ1) is 16.4. The molecule has 0 unspecified atom stereocenters. The van der Waals surface area contributed by atoms with Gasteiger partial charge in [0.1, 0.15) is 0 Å². The van der Waals surface area contributed by atoms with Crippen molar-refractivity contribution in [1.82, 2.24) is 9.97 Å². The Morgan fingerprint density at radius 3 is 1.57 bits per heavy atom. The van der Waals surface area contributed by atoms with Gasteiger partial charge in [-0.2, -0.15) is 0 Å². The van der Waals surface area contributed by atoms with Gasteiger partial charge in [-0.15, -0.1) is 0 Å². The van der Waals surface area contributed by atoms with Gasteiger partial charge < -0.3 is 14.5 Å². The van der Waals surface area contributed by atoms with E-state index in [-0.39, 0.29) is 11.4 Å². The molecule has 0 aromatic carbocycles. The van der Waals surface area contributed by atoms with E-state index >= 15 is 0 Å². The van der Waals surface area contributed by atoms with E-state index in [9.17, 15) is 9.59 Å². The molecular weight excluding hydrogens is 296 g/mol. The topological polar surface area (TPSA) is 75.6 Å². The molecule has 2 aromatic heterocycles. The number of ether oxygens (including phenoxy) is 1. The van der Waals surface area contributed by atoms with Gasteiger partial charge in [-0.1, -0.05) is 0 Å². The summed E-state index contributed by atoms with van der Waals surface area (Å²) >= 11 is 0. The van der Waals surface area contributed by atoms with Crippen LogP contribution in [0.25, 0.3) is 0 Å². The molecule has 120 valence electrons. The van der Waals surface area contributed by atoms with Gasteiger partial charge >= 0.3 is 11.9 Å². The molecule has 0 bridgehead atoms. The van der Waals surface area contributed by atoms with E-state index in [1.54, 1.807) is 24.3 Å². The third-order valence-corrected chi connectivity index (χ3v) is 3.12. The fourth-order valence-corrected chi connectivity index (χ4v) is 1.81. The predicted molar refractivity (Wildman–Crippen MR) is 86.9 cm³/mol. The zero-order valence-corrected chi connectivity index (χ0v) is 13.5. The van der Waals surface area contributed by atoms with Crippen molar-refractivity contribution in [1.29, 1.82) is 0 Å². The Hall–Kier alpha value is -2.96. The molecule has 0 N–H and O–H groups in total. The number of aromatic nitrogens is 2. The fraction of sp³-hybridized carbons (Fsp3) is 0.250. The number of carbonyl (C=O) groups is 2. The van der Waals surface area contributed by atoms with Gasteiger partial charge in [-0.3, -0.25) is 0 Å². The SMILES string of the molecule is CN(C)c1ccnc(C(=O)OC(=O)c2cc(N(C)C)ccn2)c1. The van der Waals surface area contributed by atoms with Crippen LogP contribution in [-0.4, -0.2) is 50.1 Å². The van der Waals surface area contributed by atoms with Crippen LogP contribution in [0, 0.1) is 0 Å². The van der Waals surface area contributed by atoms with Crippen LogP contribution < -0.4 is 9.80 Å². The lowest BCUT2D eigenvalue weighted by molar-refractivity contribution is 0.0389. The van der Waals surface area contributed by atoms with E-state index in [4.69, 9.17) is 4.74 Å². The molecule has 2 heterocycles. The standard InChI is InChI=1S/C16H18N4O3/c1-19(2)11-5-7-17-13(9-11)15(21)23-16(22)14-10-12(20(3)4)6-8-18-14/h5-10H,1-4H3. The second kappa shape index (κ2) is 6.87. The Balaban J connectivity index is 2.15. The molecule has 7 nitrogen and oxygen atoms in total. The number of carbonyl (C=O) groups excluding carboxylic acids is 2. The van der Waals surface area contributed by atoms with E-state index in [1.807, 2.05) is 38.0 Å². The van der Waals surface area contributed by atoms with Crippen LogP contribution in [0.15, 0.2) is 36.7 Å². The quantitative estimate of drug-likeness (QED) is 0.627. The fourth-order valence-electron chi connectivity index (χ4n) is 1.81. The maximum absolute atomic E-state index is 12.1. The van der Waals surface area contributed by atoms with Crippen LogP contribution in [0.1, 0.15) is 21.0 Å². The van der Waals surface area contributed by atoms with Crippen LogP contribution in [0.2, 0.25) is 0 Å². The number of esters is 2. The van der Waals surface area contributed by atoms with Gasteiger partial charge in [0.25, 0.3) is 0 Å². The minimum atomic E-state index is -0.809. The molecule has 0 fully saturated rings. The molecule has 0 radical (unpaired) electrons. The van der Waals surface area contributed by atoms with Gasteiger partial charge in [0.05, 0.1) is 0 Å². The Morgan fingerprint density at radius 2 is 1.22 bits per heavy atom. The summed E-state index contributed by atoms with van der Waals surface area (Å²) in [6.07, 6.45) is 2.97. The van der Waals surface area contributed by atoms with Gasteiger partial charge in [0.2, 0.25) is 0 Å². The van der Waals surface area contributed by atoms with Gasteiger partial charge in [0, 0.05) is 52.0 Å². The highest BCUT2D eigenvalue weighted by Crippen LogP contribution is 2.14. The summed E-state index contributed by atoms with van der Waals surface area (Å²) in [5.74, 6) is -1.62. The Bertz CT molecular complexity index is 667. The third-order valence-electron chi connectivity index (χ3n) is 3.12.